The summed E-state index contributed by atoms with van der Waals surface area (Å²) in [5.74, 6) is -0.540. The number of benzene rings is 1. The van der Waals surface area contributed by atoms with Gasteiger partial charge in [-0.25, -0.2) is 9.78 Å². The molecule has 0 spiro atoms. The highest BCUT2D eigenvalue weighted by atomic mass is 32.2. The standard InChI is InChI=1S/C22H26N4O4S/c1-5-14(4)26-20(28)19-17(11-13(3)23-19)25-22(26)31-12-18(27)24-16-9-7-15(8-10-16)21(29)30-6-2/h7-11,14,23H,5-6,12H2,1-4H3,(H,24,27). The highest BCUT2D eigenvalue weighted by Gasteiger charge is 2.18. The fourth-order valence-electron chi connectivity index (χ4n) is 3.09. The number of carbonyl (C=O) groups is 2. The van der Waals surface area contributed by atoms with Crippen molar-refractivity contribution in [2.24, 2.45) is 0 Å². The maximum Gasteiger partial charge on any atom is 0.338 e. The summed E-state index contributed by atoms with van der Waals surface area (Å²) in [6.07, 6.45) is 0.763. The van der Waals surface area contributed by atoms with Gasteiger partial charge in [0, 0.05) is 17.4 Å². The number of anilines is 1. The van der Waals surface area contributed by atoms with Crippen LogP contribution in [0.5, 0.6) is 0 Å². The second-order valence-corrected chi connectivity index (χ2v) is 8.12. The van der Waals surface area contributed by atoms with Crippen molar-refractivity contribution in [1.29, 1.82) is 0 Å². The van der Waals surface area contributed by atoms with E-state index in [0.29, 0.717) is 34.0 Å². The second-order valence-electron chi connectivity index (χ2n) is 7.17. The van der Waals surface area contributed by atoms with Gasteiger partial charge in [-0.15, -0.1) is 0 Å². The van der Waals surface area contributed by atoms with Gasteiger partial charge < -0.3 is 15.0 Å². The number of nitrogens with zero attached hydrogens (tertiary/aromatic N) is 2. The lowest BCUT2D eigenvalue weighted by Gasteiger charge is -2.17. The first-order valence-electron chi connectivity index (χ1n) is 10.2. The van der Waals surface area contributed by atoms with Crippen LogP contribution in [0.1, 0.15) is 49.3 Å². The number of amides is 1. The van der Waals surface area contributed by atoms with E-state index in [4.69, 9.17) is 4.74 Å². The molecule has 1 atom stereocenters. The zero-order valence-corrected chi connectivity index (χ0v) is 18.8. The predicted octanol–water partition coefficient (Wildman–Crippen LogP) is 3.91. The number of aromatic nitrogens is 3. The molecule has 1 aromatic carbocycles. The minimum absolute atomic E-state index is 0.0472. The molecule has 2 N–H and O–H groups in total. The maximum atomic E-state index is 13.0. The van der Waals surface area contributed by atoms with Crippen LogP contribution in [0.3, 0.4) is 0 Å². The predicted molar refractivity (Wildman–Crippen MR) is 122 cm³/mol. The number of carbonyl (C=O) groups excluding carboxylic acids is 2. The van der Waals surface area contributed by atoms with Gasteiger partial charge in [0.2, 0.25) is 5.91 Å². The van der Waals surface area contributed by atoms with Gasteiger partial charge in [0.25, 0.3) is 5.56 Å². The van der Waals surface area contributed by atoms with Crippen LogP contribution in [-0.2, 0) is 9.53 Å². The number of H-pyrrole nitrogens is 1. The van der Waals surface area contributed by atoms with E-state index in [1.807, 2.05) is 26.8 Å². The van der Waals surface area contributed by atoms with Crippen molar-refractivity contribution in [3.8, 4) is 0 Å². The average Bonchev–Trinajstić information content (AvgIpc) is 3.13. The molecule has 0 bridgehead atoms. The summed E-state index contributed by atoms with van der Waals surface area (Å²) >= 11 is 1.22. The van der Waals surface area contributed by atoms with Crippen molar-refractivity contribution < 1.29 is 14.3 Å². The SMILES string of the molecule is CCOC(=O)c1ccc(NC(=O)CSc2nc3cc(C)[nH]c3c(=O)n2C(C)CC)cc1. The Balaban J connectivity index is 1.73. The number of ether oxygens (including phenoxy) is 1. The van der Waals surface area contributed by atoms with Gasteiger partial charge in [-0.05, 0) is 57.5 Å². The molecule has 2 aromatic heterocycles. The van der Waals surface area contributed by atoms with Crippen LogP contribution in [0.15, 0.2) is 40.3 Å². The summed E-state index contributed by atoms with van der Waals surface area (Å²) in [5.41, 5.74) is 2.80. The lowest BCUT2D eigenvalue weighted by atomic mass is 10.2. The summed E-state index contributed by atoms with van der Waals surface area (Å²) in [6.45, 7) is 7.89. The van der Waals surface area contributed by atoms with Crippen LogP contribution in [-0.4, -0.2) is 38.8 Å². The zero-order chi connectivity index (χ0) is 22.5. The fraction of sp³-hybridized carbons (Fsp3) is 0.364. The molecule has 0 fully saturated rings. The third-order valence-electron chi connectivity index (χ3n) is 4.83. The van der Waals surface area contributed by atoms with Crippen LogP contribution in [0, 0.1) is 6.92 Å². The molecule has 1 amide bonds. The van der Waals surface area contributed by atoms with Crippen LogP contribution >= 0.6 is 11.8 Å². The molecule has 3 rings (SSSR count). The van der Waals surface area contributed by atoms with E-state index in [1.54, 1.807) is 35.8 Å². The normalized spacial score (nSPS) is 12.0. The fourth-order valence-corrected chi connectivity index (χ4v) is 3.99. The van der Waals surface area contributed by atoms with Gasteiger partial charge in [-0.2, -0.15) is 0 Å². The van der Waals surface area contributed by atoms with Gasteiger partial charge in [-0.1, -0.05) is 18.7 Å². The van der Waals surface area contributed by atoms with Crippen molar-refractivity contribution in [3.63, 3.8) is 0 Å². The van der Waals surface area contributed by atoms with Crippen LogP contribution in [0.2, 0.25) is 0 Å². The van der Waals surface area contributed by atoms with Crippen molar-refractivity contribution in [2.45, 2.75) is 45.3 Å². The van der Waals surface area contributed by atoms with E-state index >= 15 is 0 Å². The van der Waals surface area contributed by atoms with Gasteiger partial charge in [-0.3, -0.25) is 14.2 Å². The minimum Gasteiger partial charge on any atom is -0.462 e. The third kappa shape index (κ3) is 5.16. The van der Waals surface area contributed by atoms with Crippen molar-refractivity contribution in [1.82, 2.24) is 14.5 Å². The Labute approximate surface area is 184 Å². The number of aromatic amines is 1. The van der Waals surface area contributed by atoms with Crippen LogP contribution in [0.4, 0.5) is 5.69 Å². The molecular formula is C22H26N4O4S. The van der Waals surface area contributed by atoms with Crippen molar-refractivity contribution >= 4 is 40.4 Å². The third-order valence-corrected chi connectivity index (χ3v) is 5.78. The summed E-state index contributed by atoms with van der Waals surface area (Å²) in [5, 5.41) is 3.31. The van der Waals surface area contributed by atoms with E-state index < -0.39 is 5.97 Å². The van der Waals surface area contributed by atoms with E-state index in [2.05, 4.69) is 15.3 Å². The zero-order valence-electron chi connectivity index (χ0n) is 18.0. The van der Waals surface area contributed by atoms with Crippen LogP contribution < -0.4 is 10.9 Å². The van der Waals surface area contributed by atoms with Crippen molar-refractivity contribution in [2.75, 3.05) is 17.7 Å². The smallest absolute Gasteiger partial charge is 0.338 e. The summed E-state index contributed by atoms with van der Waals surface area (Å²) in [6, 6.07) is 8.28. The Morgan fingerprint density at radius 2 is 1.97 bits per heavy atom. The first-order chi connectivity index (χ1) is 14.8. The number of hydrogen-bond donors (Lipinski definition) is 2. The molecule has 8 nitrogen and oxygen atoms in total. The highest BCUT2D eigenvalue weighted by Crippen LogP contribution is 2.23. The molecule has 0 saturated carbocycles. The van der Waals surface area contributed by atoms with Crippen molar-refractivity contribution in [3.05, 3.63) is 51.9 Å². The average molecular weight is 443 g/mol. The molecule has 0 saturated heterocycles. The number of esters is 1. The Hall–Kier alpha value is -3.07. The van der Waals surface area contributed by atoms with Gasteiger partial charge in [0.15, 0.2) is 5.16 Å². The number of thioether (sulfide) groups is 1. The Bertz CT molecular complexity index is 1150. The maximum absolute atomic E-state index is 13.0. The number of rotatable bonds is 8. The van der Waals surface area contributed by atoms with E-state index in [1.165, 1.54) is 11.8 Å². The molecule has 2 heterocycles. The Morgan fingerprint density at radius 1 is 1.26 bits per heavy atom. The number of nitrogens with one attached hydrogen (secondary N) is 2. The number of fused-ring (bicyclic) bond motifs is 1. The lowest BCUT2D eigenvalue weighted by molar-refractivity contribution is -0.113. The minimum atomic E-state index is -0.402. The van der Waals surface area contributed by atoms with E-state index in [0.717, 1.165) is 12.1 Å². The van der Waals surface area contributed by atoms with Crippen LogP contribution in [0.25, 0.3) is 11.0 Å². The molecule has 0 aliphatic rings. The van der Waals surface area contributed by atoms with E-state index in [9.17, 15) is 14.4 Å². The Morgan fingerprint density at radius 3 is 2.61 bits per heavy atom. The topological polar surface area (TPSA) is 106 Å². The largest absolute Gasteiger partial charge is 0.462 e. The highest BCUT2D eigenvalue weighted by molar-refractivity contribution is 7.99. The molecule has 1 unspecified atom stereocenters. The first-order valence-corrected chi connectivity index (χ1v) is 11.1. The van der Waals surface area contributed by atoms with E-state index in [-0.39, 0.29) is 23.3 Å². The molecule has 9 heteroatoms. The molecule has 164 valence electrons. The molecule has 0 aliphatic carbocycles. The summed E-state index contributed by atoms with van der Waals surface area (Å²) in [4.78, 5) is 44.8. The summed E-state index contributed by atoms with van der Waals surface area (Å²) < 4.78 is 6.59. The molecule has 31 heavy (non-hydrogen) atoms. The summed E-state index contributed by atoms with van der Waals surface area (Å²) in [7, 11) is 0. The number of aryl methyl sites for hydroxylation is 1. The second kappa shape index (κ2) is 9.82. The molecular weight excluding hydrogens is 416 g/mol. The lowest BCUT2D eigenvalue weighted by Crippen LogP contribution is -2.26. The molecule has 0 radical (unpaired) electrons. The monoisotopic (exact) mass is 442 g/mol. The molecule has 3 aromatic rings. The molecule has 0 aliphatic heterocycles. The number of hydrogen-bond acceptors (Lipinski definition) is 6. The quantitative estimate of drug-likeness (QED) is 0.311. The van der Waals surface area contributed by atoms with Gasteiger partial charge in [0.05, 0.1) is 23.4 Å². The first kappa shape index (κ1) is 22.6. The van der Waals surface area contributed by atoms with Gasteiger partial charge >= 0.3 is 5.97 Å². The Kier molecular flexibility index (Phi) is 7.17. The van der Waals surface area contributed by atoms with Gasteiger partial charge in [0.1, 0.15) is 5.52 Å².